The van der Waals surface area contributed by atoms with E-state index < -0.39 is 0 Å². The zero-order valence-electron chi connectivity index (χ0n) is 6.96. The minimum absolute atomic E-state index is 0.152. The molecule has 1 aliphatic rings. The molecular formula is C9H13IO2. The molecule has 0 aromatic rings. The predicted octanol–water partition coefficient (Wildman–Crippen LogP) is 3.45. The van der Waals surface area contributed by atoms with Crippen molar-refractivity contribution in [3.05, 3.63) is 12.2 Å². The van der Waals surface area contributed by atoms with Crippen LogP contribution in [-0.2, 0) is 4.74 Å². The Morgan fingerprint density at radius 2 is 2.08 bits per heavy atom. The molecule has 1 unspecified atom stereocenters. The Bertz CT molecular complexity index is 177. The molecule has 3 heteroatoms. The Hall–Kier alpha value is -0.0600. The highest BCUT2D eigenvalue weighted by Gasteiger charge is 2.12. The Morgan fingerprint density at radius 1 is 1.33 bits per heavy atom. The summed E-state index contributed by atoms with van der Waals surface area (Å²) in [5.74, 6) is 0. The van der Waals surface area contributed by atoms with Crippen LogP contribution in [0.3, 0.4) is 0 Å². The van der Waals surface area contributed by atoms with Gasteiger partial charge in [-0.1, -0.05) is 12.2 Å². The molecule has 0 aromatic carbocycles. The summed E-state index contributed by atoms with van der Waals surface area (Å²) in [6.45, 7) is 0. The molecule has 0 saturated heterocycles. The van der Waals surface area contributed by atoms with Gasteiger partial charge in [0.25, 0.3) is 0 Å². The van der Waals surface area contributed by atoms with E-state index in [1.54, 1.807) is 22.6 Å². The molecule has 0 bridgehead atoms. The molecule has 2 nitrogen and oxygen atoms in total. The Labute approximate surface area is 86.5 Å². The first-order valence-corrected chi connectivity index (χ1v) is 5.38. The van der Waals surface area contributed by atoms with Crippen LogP contribution < -0.4 is 0 Å². The average molecular weight is 280 g/mol. The van der Waals surface area contributed by atoms with Crippen LogP contribution in [0.2, 0.25) is 0 Å². The first-order chi connectivity index (χ1) is 5.79. The lowest BCUT2D eigenvalue weighted by Crippen LogP contribution is -2.14. The highest BCUT2D eigenvalue weighted by atomic mass is 127. The van der Waals surface area contributed by atoms with Crippen LogP contribution in [0, 0.1) is 0 Å². The minimum Gasteiger partial charge on any atom is -0.455 e. The Morgan fingerprint density at radius 3 is 2.83 bits per heavy atom. The third-order valence-corrected chi connectivity index (χ3v) is 2.23. The maximum Gasteiger partial charge on any atom is 0.367 e. The van der Waals surface area contributed by atoms with Crippen molar-refractivity contribution in [1.29, 1.82) is 0 Å². The molecule has 0 spiro atoms. The van der Waals surface area contributed by atoms with Crippen molar-refractivity contribution in [3.63, 3.8) is 0 Å². The summed E-state index contributed by atoms with van der Waals surface area (Å²) in [7, 11) is 0. The van der Waals surface area contributed by atoms with E-state index in [2.05, 4.69) is 12.2 Å². The van der Waals surface area contributed by atoms with E-state index >= 15 is 0 Å². The second kappa shape index (κ2) is 5.56. The highest BCUT2D eigenvalue weighted by Crippen LogP contribution is 2.16. The summed E-state index contributed by atoms with van der Waals surface area (Å²) in [5, 5.41) is 0. The topological polar surface area (TPSA) is 26.3 Å². The number of allylic oxidation sites excluding steroid dienone is 2. The SMILES string of the molecule is O=C(I)OC1CC/C=C/CCC1. The van der Waals surface area contributed by atoms with Gasteiger partial charge in [0.1, 0.15) is 6.10 Å². The summed E-state index contributed by atoms with van der Waals surface area (Å²) in [4.78, 5) is 10.7. The van der Waals surface area contributed by atoms with Gasteiger partial charge in [-0.25, -0.2) is 4.79 Å². The third-order valence-electron chi connectivity index (χ3n) is 1.98. The van der Waals surface area contributed by atoms with Crippen molar-refractivity contribution in [2.75, 3.05) is 0 Å². The molecule has 1 rings (SSSR count). The van der Waals surface area contributed by atoms with Gasteiger partial charge in [-0.05, 0) is 32.1 Å². The number of hydrogen-bond acceptors (Lipinski definition) is 2. The maximum atomic E-state index is 10.7. The van der Waals surface area contributed by atoms with Crippen LogP contribution in [0.4, 0.5) is 4.79 Å². The quantitative estimate of drug-likeness (QED) is 0.418. The van der Waals surface area contributed by atoms with Gasteiger partial charge in [0.05, 0.1) is 22.6 Å². The maximum absolute atomic E-state index is 10.7. The molecule has 0 heterocycles. The van der Waals surface area contributed by atoms with Crippen LogP contribution >= 0.6 is 22.6 Å². The number of hydrogen-bond donors (Lipinski definition) is 0. The van der Waals surface area contributed by atoms with Crippen LogP contribution in [0.25, 0.3) is 0 Å². The summed E-state index contributed by atoms with van der Waals surface area (Å²) in [5.41, 5.74) is 0. The Kier molecular flexibility index (Phi) is 4.65. The molecular weight excluding hydrogens is 267 g/mol. The summed E-state index contributed by atoms with van der Waals surface area (Å²) in [6.07, 6.45) is 9.81. The number of carbonyl (C=O) groups is 1. The molecule has 0 saturated carbocycles. The number of rotatable bonds is 1. The average Bonchev–Trinajstić information content (AvgIpc) is 1.93. The van der Waals surface area contributed by atoms with Crippen molar-refractivity contribution < 1.29 is 9.53 Å². The first kappa shape index (κ1) is 10.0. The van der Waals surface area contributed by atoms with Gasteiger partial charge in [0, 0.05) is 0 Å². The smallest absolute Gasteiger partial charge is 0.367 e. The zero-order valence-corrected chi connectivity index (χ0v) is 9.12. The van der Waals surface area contributed by atoms with E-state index in [1.807, 2.05) is 0 Å². The fourth-order valence-corrected chi connectivity index (χ4v) is 1.73. The fourth-order valence-electron chi connectivity index (χ4n) is 1.37. The fraction of sp³-hybridized carbons (Fsp3) is 0.667. The standard InChI is InChI=1S/C9H13IO2/c10-9(11)12-8-6-4-2-1-3-5-7-8/h1-2,8H,3-7H2/b2-1+. The van der Waals surface area contributed by atoms with E-state index in [9.17, 15) is 4.79 Å². The van der Waals surface area contributed by atoms with Gasteiger partial charge in [0.2, 0.25) is 0 Å². The lowest BCUT2D eigenvalue weighted by molar-refractivity contribution is 0.113. The highest BCUT2D eigenvalue weighted by molar-refractivity contribution is 14.1. The van der Waals surface area contributed by atoms with Crippen LogP contribution in [-0.4, -0.2) is 10.1 Å². The van der Waals surface area contributed by atoms with Crippen molar-refractivity contribution in [2.24, 2.45) is 0 Å². The van der Waals surface area contributed by atoms with Crippen molar-refractivity contribution >= 4 is 26.6 Å². The van der Waals surface area contributed by atoms with Crippen LogP contribution in [0.15, 0.2) is 12.2 Å². The van der Waals surface area contributed by atoms with Crippen molar-refractivity contribution in [1.82, 2.24) is 0 Å². The van der Waals surface area contributed by atoms with E-state index in [4.69, 9.17) is 4.74 Å². The number of halogens is 1. The van der Waals surface area contributed by atoms with Crippen molar-refractivity contribution in [3.8, 4) is 0 Å². The normalized spacial score (nSPS) is 26.9. The molecule has 1 atom stereocenters. The third kappa shape index (κ3) is 4.09. The molecule has 12 heavy (non-hydrogen) atoms. The van der Waals surface area contributed by atoms with Gasteiger partial charge in [0.15, 0.2) is 0 Å². The first-order valence-electron chi connectivity index (χ1n) is 4.30. The summed E-state index contributed by atoms with van der Waals surface area (Å²) >= 11 is 1.69. The van der Waals surface area contributed by atoms with Gasteiger partial charge in [-0.3, -0.25) is 0 Å². The van der Waals surface area contributed by atoms with Crippen LogP contribution in [0.5, 0.6) is 0 Å². The molecule has 0 N–H and O–H groups in total. The molecule has 68 valence electrons. The lowest BCUT2D eigenvalue weighted by atomic mass is 10.0. The molecule has 0 aliphatic heterocycles. The summed E-state index contributed by atoms with van der Waals surface area (Å²) in [6, 6.07) is 0. The van der Waals surface area contributed by atoms with Crippen molar-refractivity contribution in [2.45, 2.75) is 38.2 Å². The van der Waals surface area contributed by atoms with Gasteiger partial charge in [-0.15, -0.1) is 0 Å². The van der Waals surface area contributed by atoms with Gasteiger partial charge in [-0.2, -0.15) is 0 Å². The van der Waals surface area contributed by atoms with E-state index in [1.165, 1.54) is 0 Å². The minimum atomic E-state index is -0.179. The van der Waals surface area contributed by atoms with Crippen LogP contribution in [0.1, 0.15) is 32.1 Å². The molecule has 0 amide bonds. The molecule has 0 aromatic heterocycles. The molecule has 1 aliphatic carbocycles. The monoisotopic (exact) mass is 280 g/mol. The lowest BCUT2D eigenvalue weighted by Gasteiger charge is -2.16. The van der Waals surface area contributed by atoms with Gasteiger partial charge < -0.3 is 4.74 Å². The molecule has 0 fully saturated rings. The van der Waals surface area contributed by atoms with E-state index in [0.717, 1.165) is 32.1 Å². The second-order valence-electron chi connectivity index (χ2n) is 2.96. The Balaban J connectivity index is 2.32. The van der Waals surface area contributed by atoms with E-state index in [0.29, 0.717) is 0 Å². The molecule has 0 radical (unpaired) electrons. The van der Waals surface area contributed by atoms with E-state index in [-0.39, 0.29) is 10.1 Å². The number of ether oxygens (including phenoxy) is 1. The summed E-state index contributed by atoms with van der Waals surface area (Å²) < 4.78 is 4.96. The van der Waals surface area contributed by atoms with Gasteiger partial charge >= 0.3 is 3.98 Å². The second-order valence-corrected chi connectivity index (χ2v) is 3.84. The predicted molar refractivity (Wildman–Crippen MR) is 56.5 cm³/mol. The zero-order chi connectivity index (χ0) is 8.81. The number of carbonyl (C=O) groups excluding carboxylic acids is 1. The largest absolute Gasteiger partial charge is 0.455 e.